The van der Waals surface area contributed by atoms with Crippen molar-refractivity contribution in [3.8, 4) is 0 Å². The monoisotopic (exact) mass is 220 g/mol. The van der Waals surface area contributed by atoms with E-state index in [1.54, 1.807) is 0 Å². The second-order valence-electron chi connectivity index (χ2n) is 4.15. The Morgan fingerprint density at radius 3 is 2.09 bits per heavy atom. The third kappa shape index (κ3) is 4.84. The molecule has 11 heavy (non-hydrogen) atoms. The molecule has 0 saturated carbocycles. The first kappa shape index (κ1) is 11.5. The van der Waals surface area contributed by atoms with E-state index in [1.807, 2.05) is 0 Å². The van der Waals surface area contributed by atoms with Crippen molar-refractivity contribution in [3.05, 3.63) is 0 Å². The highest BCUT2D eigenvalue weighted by atomic mass is 79.9. The average Bonchev–Trinajstić information content (AvgIpc) is 2.00. The van der Waals surface area contributed by atoms with Crippen LogP contribution in [0.3, 0.4) is 0 Å². The van der Waals surface area contributed by atoms with Crippen molar-refractivity contribution in [2.75, 3.05) is 5.33 Å². The second kappa shape index (κ2) is 5.18. The van der Waals surface area contributed by atoms with Crippen LogP contribution < -0.4 is 0 Å². The van der Waals surface area contributed by atoms with Gasteiger partial charge in [0.15, 0.2) is 0 Å². The van der Waals surface area contributed by atoms with Crippen molar-refractivity contribution in [2.45, 2.75) is 47.0 Å². The SMILES string of the molecule is CCC(CBr)CC(C)(C)CC. The van der Waals surface area contributed by atoms with E-state index in [9.17, 15) is 0 Å². The number of halogens is 1. The zero-order valence-electron chi connectivity index (χ0n) is 8.28. The van der Waals surface area contributed by atoms with Crippen LogP contribution in [-0.4, -0.2) is 5.33 Å². The molecule has 0 heterocycles. The Kier molecular flexibility index (Phi) is 5.41. The van der Waals surface area contributed by atoms with Crippen molar-refractivity contribution in [3.63, 3.8) is 0 Å². The van der Waals surface area contributed by atoms with Crippen LogP contribution in [-0.2, 0) is 0 Å². The highest BCUT2D eigenvalue weighted by molar-refractivity contribution is 9.09. The molecule has 0 bridgehead atoms. The third-order valence-electron chi connectivity index (χ3n) is 2.59. The molecule has 0 radical (unpaired) electrons. The van der Waals surface area contributed by atoms with Crippen LogP contribution >= 0.6 is 15.9 Å². The first-order valence-electron chi connectivity index (χ1n) is 4.61. The summed E-state index contributed by atoms with van der Waals surface area (Å²) in [6.45, 7) is 9.27. The fourth-order valence-corrected chi connectivity index (χ4v) is 1.92. The first-order valence-corrected chi connectivity index (χ1v) is 5.73. The summed E-state index contributed by atoms with van der Waals surface area (Å²) in [4.78, 5) is 0. The molecule has 0 saturated heterocycles. The Morgan fingerprint density at radius 1 is 1.27 bits per heavy atom. The zero-order chi connectivity index (χ0) is 8.91. The molecule has 0 aromatic carbocycles. The quantitative estimate of drug-likeness (QED) is 0.609. The van der Waals surface area contributed by atoms with Crippen molar-refractivity contribution >= 4 is 15.9 Å². The zero-order valence-corrected chi connectivity index (χ0v) is 9.87. The van der Waals surface area contributed by atoms with E-state index < -0.39 is 0 Å². The van der Waals surface area contributed by atoms with Gasteiger partial charge in [-0.25, -0.2) is 0 Å². The molecule has 0 aliphatic heterocycles. The molecule has 0 amide bonds. The standard InChI is InChI=1S/C10H21Br/c1-5-9(8-11)7-10(3,4)6-2/h9H,5-8H2,1-4H3. The van der Waals surface area contributed by atoms with Crippen LogP contribution in [0, 0.1) is 11.3 Å². The fourth-order valence-electron chi connectivity index (χ4n) is 1.23. The van der Waals surface area contributed by atoms with E-state index in [0.717, 1.165) is 11.2 Å². The molecule has 1 unspecified atom stereocenters. The summed E-state index contributed by atoms with van der Waals surface area (Å²) in [5.74, 6) is 0.866. The van der Waals surface area contributed by atoms with Crippen molar-refractivity contribution < 1.29 is 0 Å². The highest BCUT2D eigenvalue weighted by Crippen LogP contribution is 2.30. The Bertz CT molecular complexity index is 93.0. The summed E-state index contributed by atoms with van der Waals surface area (Å²) in [6.07, 6.45) is 3.94. The van der Waals surface area contributed by atoms with Crippen LogP contribution in [0.1, 0.15) is 47.0 Å². The first-order chi connectivity index (χ1) is 5.05. The van der Waals surface area contributed by atoms with E-state index in [2.05, 4.69) is 43.6 Å². The lowest BCUT2D eigenvalue weighted by molar-refractivity contribution is 0.266. The van der Waals surface area contributed by atoms with Gasteiger partial charge in [0.2, 0.25) is 0 Å². The van der Waals surface area contributed by atoms with Gasteiger partial charge in [-0.15, -0.1) is 0 Å². The molecule has 68 valence electrons. The average molecular weight is 221 g/mol. The molecule has 0 aromatic heterocycles. The predicted molar refractivity (Wildman–Crippen MR) is 56.3 cm³/mol. The molecule has 0 fully saturated rings. The lowest BCUT2D eigenvalue weighted by atomic mass is 9.80. The lowest BCUT2D eigenvalue weighted by Crippen LogP contribution is -2.16. The molecule has 1 atom stereocenters. The normalized spacial score (nSPS) is 15.0. The van der Waals surface area contributed by atoms with Gasteiger partial charge in [-0.3, -0.25) is 0 Å². The minimum absolute atomic E-state index is 0.536. The van der Waals surface area contributed by atoms with Gasteiger partial charge in [-0.05, 0) is 17.8 Å². The molecule has 1 heteroatoms. The Labute approximate surface area is 79.9 Å². The maximum Gasteiger partial charge on any atom is 0.00597 e. The van der Waals surface area contributed by atoms with Gasteiger partial charge >= 0.3 is 0 Å². The van der Waals surface area contributed by atoms with Crippen molar-refractivity contribution in [2.24, 2.45) is 11.3 Å². The smallest absolute Gasteiger partial charge is 0.00597 e. The van der Waals surface area contributed by atoms with Gasteiger partial charge in [-0.2, -0.15) is 0 Å². The molecule has 0 nitrogen and oxygen atoms in total. The minimum atomic E-state index is 0.536. The Hall–Kier alpha value is 0.480. The van der Waals surface area contributed by atoms with Crippen LogP contribution in [0.15, 0.2) is 0 Å². The molecule has 0 aliphatic rings. The maximum absolute atomic E-state index is 3.56. The maximum atomic E-state index is 3.56. The summed E-state index contributed by atoms with van der Waals surface area (Å²) < 4.78 is 0. The highest BCUT2D eigenvalue weighted by Gasteiger charge is 2.19. The number of rotatable bonds is 5. The van der Waals surface area contributed by atoms with Crippen LogP contribution in [0.2, 0.25) is 0 Å². The lowest BCUT2D eigenvalue weighted by Gasteiger charge is -2.26. The van der Waals surface area contributed by atoms with Gasteiger partial charge < -0.3 is 0 Å². The van der Waals surface area contributed by atoms with Crippen LogP contribution in [0.5, 0.6) is 0 Å². The van der Waals surface area contributed by atoms with Crippen LogP contribution in [0.25, 0.3) is 0 Å². The predicted octanol–water partition coefficient (Wildman–Crippen LogP) is 4.23. The molecular weight excluding hydrogens is 200 g/mol. The summed E-state index contributed by atoms with van der Waals surface area (Å²) in [5.41, 5.74) is 0.536. The van der Waals surface area contributed by atoms with Gasteiger partial charge in [0.25, 0.3) is 0 Å². The number of hydrogen-bond acceptors (Lipinski definition) is 0. The van der Waals surface area contributed by atoms with E-state index in [1.165, 1.54) is 19.3 Å². The summed E-state index contributed by atoms with van der Waals surface area (Å²) in [6, 6.07) is 0. The molecule has 0 aliphatic carbocycles. The number of hydrogen-bond donors (Lipinski definition) is 0. The Morgan fingerprint density at radius 2 is 1.82 bits per heavy atom. The van der Waals surface area contributed by atoms with E-state index >= 15 is 0 Å². The van der Waals surface area contributed by atoms with E-state index in [4.69, 9.17) is 0 Å². The molecule has 0 aromatic rings. The fraction of sp³-hybridized carbons (Fsp3) is 1.00. The van der Waals surface area contributed by atoms with Gasteiger partial charge in [0.05, 0.1) is 0 Å². The molecule has 0 N–H and O–H groups in total. The molecule has 0 rings (SSSR count). The van der Waals surface area contributed by atoms with Gasteiger partial charge in [0.1, 0.15) is 0 Å². The summed E-state index contributed by atoms with van der Waals surface area (Å²) in [5, 5.41) is 1.16. The van der Waals surface area contributed by atoms with Crippen molar-refractivity contribution in [1.29, 1.82) is 0 Å². The van der Waals surface area contributed by atoms with Gasteiger partial charge in [0, 0.05) is 5.33 Å². The van der Waals surface area contributed by atoms with E-state index in [-0.39, 0.29) is 0 Å². The van der Waals surface area contributed by atoms with Crippen LogP contribution in [0.4, 0.5) is 0 Å². The van der Waals surface area contributed by atoms with Gasteiger partial charge in [-0.1, -0.05) is 56.5 Å². The van der Waals surface area contributed by atoms with E-state index in [0.29, 0.717) is 5.41 Å². The topological polar surface area (TPSA) is 0 Å². The molecule has 0 spiro atoms. The minimum Gasteiger partial charge on any atom is -0.0925 e. The number of alkyl halides is 1. The largest absolute Gasteiger partial charge is 0.0925 e. The molecular formula is C10H21Br. The summed E-state index contributed by atoms with van der Waals surface area (Å²) >= 11 is 3.56. The Balaban J connectivity index is 3.79. The van der Waals surface area contributed by atoms with Crippen molar-refractivity contribution in [1.82, 2.24) is 0 Å². The third-order valence-corrected chi connectivity index (χ3v) is 3.51. The second-order valence-corrected chi connectivity index (χ2v) is 4.80. The summed E-state index contributed by atoms with van der Waals surface area (Å²) in [7, 11) is 0.